The molecule has 0 unspecified atom stereocenters. The topological polar surface area (TPSA) is 42.2 Å². The van der Waals surface area contributed by atoms with E-state index in [1.165, 1.54) is 31.2 Å². The molecule has 0 bridgehead atoms. The van der Waals surface area contributed by atoms with Crippen LogP contribution in [0.2, 0.25) is 0 Å². The molecule has 0 aliphatic heterocycles. The second kappa shape index (κ2) is 6.19. The molecule has 1 saturated carbocycles. The molecule has 0 amide bonds. The van der Waals surface area contributed by atoms with Gasteiger partial charge in [-0.25, -0.2) is 4.98 Å². The Morgan fingerprint density at radius 3 is 2.72 bits per heavy atom. The number of nitrogens with two attached hydrogens (primary N) is 1. The van der Waals surface area contributed by atoms with Crippen LogP contribution in [0.3, 0.4) is 0 Å². The van der Waals surface area contributed by atoms with E-state index in [9.17, 15) is 0 Å². The molecule has 0 atom stereocenters. The van der Waals surface area contributed by atoms with Crippen molar-refractivity contribution in [3.8, 4) is 0 Å². The van der Waals surface area contributed by atoms with Crippen molar-refractivity contribution in [1.29, 1.82) is 0 Å². The molecule has 1 aliphatic rings. The summed E-state index contributed by atoms with van der Waals surface area (Å²) in [6.45, 7) is 3.05. The number of aromatic nitrogens is 1. The van der Waals surface area contributed by atoms with Crippen LogP contribution in [0.1, 0.15) is 38.2 Å². The molecule has 18 heavy (non-hydrogen) atoms. The van der Waals surface area contributed by atoms with Gasteiger partial charge >= 0.3 is 0 Å². The third-order valence-corrected chi connectivity index (χ3v) is 4.15. The van der Waals surface area contributed by atoms with Crippen LogP contribution < -0.4 is 10.6 Å². The van der Waals surface area contributed by atoms with Crippen molar-refractivity contribution in [3.63, 3.8) is 0 Å². The summed E-state index contributed by atoms with van der Waals surface area (Å²) in [5.74, 6) is 2.02. The Balaban J connectivity index is 2.10. The van der Waals surface area contributed by atoms with Crippen molar-refractivity contribution in [2.24, 2.45) is 11.7 Å². The third kappa shape index (κ3) is 3.02. The lowest BCUT2D eigenvalue weighted by molar-refractivity contribution is 0.339. The third-order valence-electron chi connectivity index (χ3n) is 4.15. The van der Waals surface area contributed by atoms with Crippen LogP contribution >= 0.6 is 0 Å². The molecule has 1 aromatic rings. The summed E-state index contributed by atoms with van der Waals surface area (Å²) in [5.41, 5.74) is 6.96. The van der Waals surface area contributed by atoms with E-state index in [0.717, 1.165) is 18.2 Å². The maximum absolute atomic E-state index is 5.68. The largest absolute Gasteiger partial charge is 0.356 e. The standard InChI is InChI=1S/C15H25N3/c1-12-5-7-14(8-6-12)18(2)15-13(9-10-16)4-3-11-17-15/h3-4,11-12,14H,5-10,16H2,1-2H3. The van der Waals surface area contributed by atoms with Gasteiger partial charge in [-0.1, -0.05) is 13.0 Å². The van der Waals surface area contributed by atoms with Gasteiger partial charge in [-0.3, -0.25) is 0 Å². The van der Waals surface area contributed by atoms with Gasteiger partial charge in [0.25, 0.3) is 0 Å². The molecule has 1 aliphatic carbocycles. The second-order valence-electron chi connectivity index (χ2n) is 5.55. The molecule has 2 rings (SSSR count). The fraction of sp³-hybridized carbons (Fsp3) is 0.667. The minimum atomic E-state index is 0.646. The van der Waals surface area contributed by atoms with Crippen molar-refractivity contribution in [1.82, 2.24) is 4.98 Å². The quantitative estimate of drug-likeness (QED) is 0.889. The van der Waals surface area contributed by atoms with Crippen molar-refractivity contribution in [2.45, 2.75) is 45.1 Å². The van der Waals surface area contributed by atoms with Gasteiger partial charge in [0.1, 0.15) is 5.82 Å². The Bertz CT molecular complexity index is 370. The maximum Gasteiger partial charge on any atom is 0.131 e. The minimum Gasteiger partial charge on any atom is -0.356 e. The van der Waals surface area contributed by atoms with E-state index >= 15 is 0 Å². The van der Waals surface area contributed by atoms with Gasteiger partial charge in [0.15, 0.2) is 0 Å². The summed E-state index contributed by atoms with van der Waals surface area (Å²) < 4.78 is 0. The maximum atomic E-state index is 5.68. The summed E-state index contributed by atoms with van der Waals surface area (Å²) in [4.78, 5) is 6.93. The van der Waals surface area contributed by atoms with E-state index in [1.807, 2.05) is 12.3 Å². The molecule has 3 nitrogen and oxygen atoms in total. The monoisotopic (exact) mass is 247 g/mol. The van der Waals surface area contributed by atoms with E-state index < -0.39 is 0 Å². The van der Waals surface area contributed by atoms with Gasteiger partial charge in [-0.05, 0) is 56.2 Å². The van der Waals surface area contributed by atoms with Crippen LogP contribution in [0.4, 0.5) is 5.82 Å². The van der Waals surface area contributed by atoms with Crippen molar-refractivity contribution < 1.29 is 0 Å². The zero-order valence-electron chi connectivity index (χ0n) is 11.6. The Morgan fingerprint density at radius 2 is 2.06 bits per heavy atom. The van der Waals surface area contributed by atoms with Crippen LogP contribution in [0, 0.1) is 5.92 Å². The highest BCUT2D eigenvalue weighted by Crippen LogP contribution is 2.29. The molecule has 1 heterocycles. The first kappa shape index (κ1) is 13.3. The molecule has 100 valence electrons. The first-order valence-corrected chi connectivity index (χ1v) is 7.09. The van der Waals surface area contributed by atoms with E-state index in [-0.39, 0.29) is 0 Å². The van der Waals surface area contributed by atoms with Crippen molar-refractivity contribution >= 4 is 5.82 Å². The molecular weight excluding hydrogens is 222 g/mol. The van der Waals surface area contributed by atoms with Crippen LogP contribution in [0.25, 0.3) is 0 Å². The molecule has 0 saturated heterocycles. The first-order chi connectivity index (χ1) is 8.72. The highest BCUT2D eigenvalue weighted by atomic mass is 15.2. The molecule has 1 aromatic heterocycles. The number of rotatable bonds is 4. The van der Waals surface area contributed by atoms with Gasteiger partial charge in [-0.15, -0.1) is 0 Å². The summed E-state index contributed by atoms with van der Waals surface area (Å²) in [6, 6.07) is 4.80. The summed E-state index contributed by atoms with van der Waals surface area (Å²) in [5, 5.41) is 0. The van der Waals surface area contributed by atoms with Gasteiger partial charge < -0.3 is 10.6 Å². The second-order valence-corrected chi connectivity index (χ2v) is 5.55. The zero-order chi connectivity index (χ0) is 13.0. The molecule has 0 spiro atoms. The normalized spacial score (nSPS) is 23.9. The predicted molar refractivity (Wildman–Crippen MR) is 76.8 cm³/mol. The zero-order valence-corrected chi connectivity index (χ0v) is 11.6. The molecule has 3 heteroatoms. The number of hydrogen-bond acceptors (Lipinski definition) is 3. The Labute approximate surface area is 110 Å². The van der Waals surface area contributed by atoms with E-state index in [2.05, 4.69) is 29.9 Å². The lowest BCUT2D eigenvalue weighted by atomic mass is 9.86. The van der Waals surface area contributed by atoms with E-state index in [1.54, 1.807) is 0 Å². The van der Waals surface area contributed by atoms with Gasteiger partial charge in [0.05, 0.1) is 0 Å². The average Bonchev–Trinajstić information content (AvgIpc) is 2.40. The molecule has 0 aromatic carbocycles. The van der Waals surface area contributed by atoms with E-state index in [0.29, 0.717) is 12.6 Å². The SMILES string of the molecule is CC1CCC(N(C)c2ncccc2CCN)CC1. The number of pyridine rings is 1. The molecular formula is C15H25N3. The molecule has 2 N–H and O–H groups in total. The lowest BCUT2D eigenvalue weighted by Gasteiger charge is -2.35. The highest BCUT2D eigenvalue weighted by molar-refractivity contribution is 5.47. The predicted octanol–water partition coefficient (Wildman–Crippen LogP) is 2.60. The molecule has 1 fully saturated rings. The highest BCUT2D eigenvalue weighted by Gasteiger charge is 2.23. The summed E-state index contributed by atoms with van der Waals surface area (Å²) in [6.07, 6.45) is 8.06. The smallest absolute Gasteiger partial charge is 0.131 e. The van der Waals surface area contributed by atoms with Crippen molar-refractivity contribution in [3.05, 3.63) is 23.9 Å². The van der Waals surface area contributed by atoms with Crippen LogP contribution in [-0.2, 0) is 6.42 Å². The van der Waals surface area contributed by atoms with Gasteiger partial charge in [-0.2, -0.15) is 0 Å². The number of nitrogens with zero attached hydrogens (tertiary/aromatic N) is 2. The Kier molecular flexibility index (Phi) is 4.59. The Morgan fingerprint density at radius 1 is 1.33 bits per heavy atom. The van der Waals surface area contributed by atoms with Gasteiger partial charge in [0, 0.05) is 19.3 Å². The lowest BCUT2D eigenvalue weighted by Crippen LogP contribution is -2.36. The van der Waals surface area contributed by atoms with Crippen LogP contribution in [0.5, 0.6) is 0 Å². The Hall–Kier alpha value is -1.09. The van der Waals surface area contributed by atoms with Crippen LogP contribution in [-0.4, -0.2) is 24.6 Å². The fourth-order valence-corrected chi connectivity index (χ4v) is 2.90. The van der Waals surface area contributed by atoms with Crippen molar-refractivity contribution in [2.75, 3.05) is 18.5 Å². The van der Waals surface area contributed by atoms with E-state index in [4.69, 9.17) is 5.73 Å². The summed E-state index contributed by atoms with van der Waals surface area (Å²) >= 11 is 0. The first-order valence-electron chi connectivity index (χ1n) is 7.09. The fourth-order valence-electron chi connectivity index (χ4n) is 2.90. The molecule has 0 radical (unpaired) electrons. The average molecular weight is 247 g/mol. The van der Waals surface area contributed by atoms with Crippen LogP contribution in [0.15, 0.2) is 18.3 Å². The summed E-state index contributed by atoms with van der Waals surface area (Å²) in [7, 11) is 2.18. The number of hydrogen-bond donors (Lipinski definition) is 1. The van der Waals surface area contributed by atoms with Gasteiger partial charge in [0.2, 0.25) is 0 Å². The minimum absolute atomic E-state index is 0.646. The number of anilines is 1.